The van der Waals surface area contributed by atoms with Gasteiger partial charge in [-0.3, -0.25) is 0 Å². The van der Waals surface area contributed by atoms with Crippen LogP contribution in [-0.4, -0.2) is 0 Å². The summed E-state index contributed by atoms with van der Waals surface area (Å²) in [6.07, 6.45) is -3.76. The van der Waals surface area contributed by atoms with E-state index in [0.29, 0.717) is 12.0 Å². The SMILES string of the molecule is CC1(C)CC1(N)c1ccc(Cl)c(C(F)(F)F)c1. The first-order valence-electron chi connectivity index (χ1n) is 5.24. The molecule has 0 aliphatic heterocycles. The number of alkyl halides is 3. The summed E-state index contributed by atoms with van der Waals surface area (Å²) < 4.78 is 38.1. The largest absolute Gasteiger partial charge is 0.417 e. The Hall–Kier alpha value is -0.740. The fourth-order valence-corrected chi connectivity index (χ4v) is 2.39. The van der Waals surface area contributed by atoms with Crippen LogP contribution in [0.2, 0.25) is 5.02 Å². The van der Waals surface area contributed by atoms with E-state index < -0.39 is 17.3 Å². The van der Waals surface area contributed by atoms with E-state index >= 15 is 0 Å². The maximum atomic E-state index is 12.7. The van der Waals surface area contributed by atoms with Crippen LogP contribution in [-0.2, 0) is 11.7 Å². The lowest BCUT2D eigenvalue weighted by molar-refractivity contribution is -0.137. The minimum atomic E-state index is -4.44. The van der Waals surface area contributed by atoms with Gasteiger partial charge in [0.2, 0.25) is 0 Å². The summed E-state index contributed by atoms with van der Waals surface area (Å²) in [7, 11) is 0. The zero-order chi connectivity index (χ0) is 13.1. The van der Waals surface area contributed by atoms with E-state index in [1.165, 1.54) is 6.07 Å². The van der Waals surface area contributed by atoms with E-state index in [-0.39, 0.29) is 10.4 Å². The zero-order valence-corrected chi connectivity index (χ0v) is 10.3. The summed E-state index contributed by atoms with van der Waals surface area (Å²) in [4.78, 5) is 0. The van der Waals surface area contributed by atoms with Gasteiger partial charge in [0.1, 0.15) is 0 Å². The molecule has 1 nitrogen and oxygen atoms in total. The number of hydrogen-bond donors (Lipinski definition) is 1. The van der Waals surface area contributed by atoms with Crippen LogP contribution in [0.25, 0.3) is 0 Å². The van der Waals surface area contributed by atoms with Crippen LogP contribution in [0.3, 0.4) is 0 Å². The van der Waals surface area contributed by atoms with Crippen molar-refractivity contribution in [3.63, 3.8) is 0 Å². The second-order valence-corrected chi connectivity index (χ2v) is 5.63. The number of benzene rings is 1. The van der Waals surface area contributed by atoms with Gasteiger partial charge in [-0.05, 0) is 29.5 Å². The Balaban J connectivity index is 2.47. The van der Waals surface area contributed by atoms with Gasteiger partial charge in [0.05, 0.1) is 10.6 Å². The molecule has 1 aliphatic carbocycles. The molecule has 0 saturated heterocycles. The molecule has 0 aromatic heterocycles. The molecule has 0 bridgehead atoms. The van der Waals surface area contributed by atoms with E-state index in [1.54, 1.807) is 6.07 Å². The smallest absolute Gasteiger partial charge is 0.321 e. The molecule has 1 aromatic rings. The van der Waals surface area contributed by atoms with Crippen molar-refractivity contribution >= 4 is 11.6 Å². The molecule has 94 valence electrons. The Morgan fingerprint density at radius 1 is 1.29 bits per heavy atom. The third-order valence-corrected chi connectivity index (χ3v) is 3.92. The molecule has 0 amide bonds. The predicted octanol–water partition coefficient (Wildman–Crippen LogP) is 3.94. The lowest BCUT2D eigenvalue weighted by Gasteiger charge is -2.18. The molecule has 0 radical (unpaired) electrons. The van der Waals surface area contributed by atoms with Crippen molar-refractivity contribution in [1.82, 2.24) is 0 Å². The van der Waals surface area contributed by atoms with Crippen LogP contribution in [0.4, 0.5) is 13.2 Å². The van der Waals surface area contributed by atoms with Gasteiger partial charge < -0.3 is 5.73 Å². The van der Waals surface area contributed by atoms with Gasteiger partial charge in [-0.2, -0.15) is 13.2 Å². The quantitative estimate of drug-likeness (QED) is 0.816. The summed E-state index contributed by atoms with van der Waals surface area (Å²) in [6, 6.07) is 3.91. The highest BCUT2D eigenvalue weighted by atomic mass is 35.5. The van der Waals surface area contributed by atoms with Gasteiger partial charge in [0.25, 0.3) is 0 Å². The molecule has 2 rings (SSSR count). The van der Waals surface area contributed by atoms with Crippen molar-refractivity contribution < 1.29 is 13.2 Å². The van der Waals surface area contributed by atoms with E-state index in [2.05, 4.69) is 0 Å². The first kappa shape index (κ1) is 12.7. The summed E-state index contributed by atoms with van der Waals surface area (Å²) in [6.45, 7) is 3.88. The molecule has 2 N–H and O–H groups in total. The number of nitrogens with two attached hydrogens (primary N) is 1. The summed E-state index contributed by atoms with van der Waals surface area (Å²) >= 11 is 5.56. The molecular weight excluding hydrogens is 251 g/mol. The Morgan fingerprint density at radius 2 is 1.82 bits per heavy atom. The maximum Gasteiger partial charge on any atom is 0.417 e. The van der Waals surface area contributed by atoms with Gasteiger partial charge in [0.15, 0.2) is 0 Å². The highest BCUT2D eigenvalue weighted by Gasteiger charge is 2.59. The maximum absolute atomic E-state index is 12.7. The number of rotatable bonds is 1. The van der Waals surface area contributed by atoms with Crippen molar-refractivity contribution in [2.75, 3.05) is 0 Å². The van der Waals surface area contributed by atoms with E-state index in [4.69, 9.17) is 17.3 Å². The fraction of sp³-hybridized carbons (Fsp3) is 0.500. The number of halogens is 4. The lowest BCUT2D eigenvalue weighted by atomic mass is 9.95. The Labute approximate surface area is 103 Å². The molecule has 17 heavy (non-hydrogen) atoms. The molecule has 1 aliphatic rings. The highest BCUT2D eigenvalue weighted by molar-refractivity contribution is 6.31. The Bertz CT molecular complexity index is 467. The van der Waals surface area contributed by atoms with Crippen molar-refractivity contribution in [3.8, 4) is 0 Å². The monoisotopic (exact) mass is 263 g/mol. The van der Waals surface area contributed by atoms with Crippen molar-refractivity contribution in [2.24, 2.45) is 11.1 Å². The topological polar surface area (TPSA) is 26.0 Å². The van der Waals surface area contributed by atoms with Gasteiger partial charge in [-0.1, -0.05) is 31.5 Å². The van der Waals surface area contributed by atoms with Gasteiger partial charge in [-0.25, -0.2) is 0 Å². The lowest BCUT2D eigenvalue weighted by Crippen LogP contribution is -2.26. The predicted molar refractivity (Wildman–Crippen MR) is 60.7 cm³/mol. The molecule has 1 saturated carbocycles. The molecular formula is C12H13ClF3N. The first-order valence-corrected chi connectivity index (χ1v) is 5.62. The molecule has 1 aromatic carbocycles. The third-order valence-electron chi connectivity index (χ3n) is 3.59. The minimum absolute atomic E-state index is 0.163. The van der Waals surface area contributed by atoms with Crippen LogP contribution >= 0.6 is 11.6 Å². The Kier molecular flexibility index (Phi) is 2.53. The van der Waals surface area contributed by atoms with Crippen LogP contribution in [0.15, 0.2) is 18.2 Å². The van der Waals surface area contributed by atoms with E-state index in [9.17, 15) is 13.2 Å². The Morgan fingerprint density at radius 3 is 2.24 bits per heavy atom. The van der Waals surface area contributed by atoms with Crippen molar-refractivity contribution in [2.45, 2.75) is 32.0 Å². The zero-order valence-electron chi connectivity index (χ0n) is 9.53. The van der Waals surface area contributed by atoms with Gasteiger partial charge >= 0.3 is 6.18 Å². The van der Waals surface area contributed by atoms with Crippen LogP contribution in [0.1, 0.15) is 31.4 Å². The molecule has 0 heterocycles. The minimum Gasteiger partial charge on any atom is -0.321 e. The first-order chi connectivity index (χ1) is 7.58. The molecule has 0 spiro atoms. The molecule has 1 fully saturated rings. The fourth-order valence-electron chi connectivity index (χ4n) is 2.17. The molecule has 1 atom stereocenters. The van der Waals surface area contributed by atoms with E-state index in [1.807, 2.05) is 13.8 Å². The summed E-state index contributed by atoms with van der Waals surface area (Å²) in [5.41, 5.74) is 4.95. The standard InChI is InChI=1S/C12H13ClF3N/c1-10(2)6-11(10,17)7-3-4-9(13)8(5-7)12(14,15)16/h3-5H,6,17H2,1-2H3. The van der Waals surface area contributed by atoms with Crippen molar-refractivity contribution in [1.29, 1.82) is 0 Å². The third kappa shape index (κ3) is 1.93. The van der Waals surface area contributed by atoms with Crippen LogP contribution in [0, 0.1) is 5.41 Å². The number of hydrogen-bond acceptors (Lipinski definition) is 1. The van der Waals surface area contributed by atoms with Gasteiger partial charge in [-0.15, -0.1) is 0 Å². The summed E-state index contributed by atoms with van der Waals surface area (Å²) in [5, 5.41) is -0.289. The molecule has 5 heteroatoms. The normalized spacial score (nSPS) is 27.0. The van der Waals surface area contributed by atoms with Gasteiger partial charge in [0, 0.05) is 5.54 Å². The average molecular weight is 264 g/mol. The van der Waals surface area contributed by atoms with Crippen molar-refractivity contribution in [3.05, 3.63) is 34.3 Å². The highest BCUT2D eigenvalue weighted by Crippen LogP contribution is 2.60. The average Bonchev–Trinajstić information content (AvgIpc) is 2.65. The van der Waals surface area contributed by atoms with Crippen LogP contribution in [0.5, 0.6) is 0 Å². The van der Waals surface area contributed by atoms with Crippen LogP contribution < -0.4 is 5.73 Å². The summed E-state index contributed by atoms with van der Waals surface area (Å²) in [5.74, 6) is 0. The second kappa shape index (κ2) is 3.39. The molecule has 1 unspecified atom stereocenters. The van der Waals surface area contributed by atoms with E-state index in [0.717, 1.165) is 6.07 Å². The second-order valence-electron chi connectivity index (χ2n) is 5.22.